The van der Waals surface area contributed by atoms with Crippen molar-refractivity contribution in [2.24, 2.45) is 0 Å². The summed E-state index contributed by atoms with van der Waals surface area (Å²) in [6, 6.07) is 9.24. The fourth-order valence-electron chi connectivity index (χ4n) is 2.86. The van der Waals surface area contributed by atoms with Gasteiger partial charge in [-0.1, -0.05) is 11.6 Å². The van der Waals surface area contributed by atoms with Crippen molar-refractivity contribution in [1.29, 1.82) is 0 Å². The molecule has 5 nitrogen and oxygen atoms in total. The zero-order valence-corrected chi connectivity index (χ0v) is 13.9. The van der Waals surface area contributed by atoms with Crippen LogP contribution in [0.4, 0.5) is 0 Å². The molecule has 1 aromatic carbocycles. The third-order valence-electron chi connectivity index (χ3n) is 4.03. The summed E-state index contributed by atoms with van der Waals surface area (Å²) < 4.78 is 2.02. The van der Waals surface area contributed by atoms with Gasteiger partial charge in [-0.3, -0.25) is 9.59 Å². The number of nitrogens with one attached hydrogen (secondary N) is 1. The van der Waals surface area contributed by atoms with Crippen molar-refractivity contribution in [3.8, 4) is 5.69 Å². The summed E-state index contributed by atoms with van der Waals surface area (Å²) in [5.74, 6) is -0.281. The topological polar surface area (TPSA) is 54.3 Å². The van der Waals surface area contributed by atoms with Crippen molar-refractivity contribution >= 4 is 23.4 Å². The van der Waals surface area contributed by atoms with Crippen LogP contribution in [0.2, 0.25) is 5.02 Å². The van der Waals surface area contributed by atoms with Gasteiger partial charge in [0.1, 0.15) is 0 Å². The highest BCUT2D eigenvalue weighted by molar-refractivity contribution is 6.32. The maximum absolute atomic E-state index is 12.6. The number of piperazine rings is 1. The van der Waals surface area contributed by atoms with E-state index in [1.165, 1.54) is 0 Å². The second-order valence-electron chi connectivity index (χ2n) is 5.69. The number of aromatic nitrogens is 1. The number of benzene rings is 1. The number of hydrogen-bond donors (Lipinski definition) is 1. The number of carbonyl (C=O) groups excluding carboxylic acids is 2. The lowest BCUT2D eigenvalue weighted by molar-refractivity contribution is -0.123. The largest absolute Gasteiger partial charge is 0.353 e. The Morgan fingerprint density at radius 1 is 1.17 bits per heavy atom. The minimum atomic E-state index is -0.153. The Bertz CT molecular complexity index is 763. The SMILES string of the molecule is Cc1ccc(C)n1-c1cc(C(=O)N2CCNC(=O)C2)ccc1Cl. The first-order valence-electron chi connectivity index (χ1n) is 7.48. The molecule has 0 spiro atoms. The summed E-state index contributed by atoms with van der Waals surface area (Å²) in [5, 5.41) is 3.30. The van der Waals surface area contributed by atoms with Crippen molar-refractivity contribution in [2.75, 3.05) is 19.6 Å². The second-order valence-corrected chi connectivity index (χ2v) is 6.10. The summed E-state index contributed by atoms with van der Waals surface area (Å²) >= 11 is 6.34. The van der Waals surface area contributed by atoms with E-state index in [0.29, 0.717) is 23.7 Å². The van der Waals surface area contributed by atoms with Gasteiger partial charge in [0.15, 0.2) is 0 Å². The Morgan fingerprint density at radius 3 is 2.52 bits per heavy atom. The Kier molecular flexibility index (Phi) is 4.13. The molecule has 0 radical (unpaired) electrons. The smallest absolute Gasteiger partial charge is 0.254 e. The van der Waals surface area contributed by atoms with Crippen LogP contribution >= 0.6 is 11.6 Å². The van der Waals surface area contributed by atoms with Crippen LogP contribution in [0.3, 0.4) is 0 Å². The molecule has 3 rings (SSSR count). The van der Waals surface area contributed by atoms with Gasteiger partial charge < -0.3 is 14.8 Å². The molecule has 0 aliphatic carbocycles. The van der Waals surface area contributed by atoms with Crippen LogP contribution in [-0.4, -0.2) is 40.9 Å². The molecule has 23 heavy (non-hydrogen) atoms. The van der Waals surface area contributed by atoms with Crippen molar-refractivity contribution in [3.63, 3.8) is 0 Å². The predicted molar refractivity (Wildman–Crippen MR) is 89.2 cm³/mol. The molecule has 1 aliphatic rings. The average Bonchev–Trinajstić information content (AvgIpc) is 2.86. The maximum Gasteiger partial charge on any atom is 0.254 e. The maximum atomic E-state index is 12.6. The minimum absolute atomic E-state index is 0.0956. The number of carbonyl (C=O) groups is 2. The summed E-state index contributed by atoms with van der Waals surface area (Å²) in [4.78, 5) is 25.7. The van der Waals surface area contributed by atoms with Crippen LogP contribution in [0.1, 0.15) is 21.7 Å². The summed E-state index contributed by atoms with van der Waals surface area (Å²) in [6.45, 7) is 5.09. The van der Waals surface area contributed by atoms with E-state index in [9.17, 15) is 9.59 Å². The number of rotatable bonds is 2. The molecule has 0 atom stereocenters. The minimum Gasteiger partial charge on any atom is -0.353 e. The fraction of sp³-hybridized carbons (Fsp3) is 0.294. The Balaban J connectivity index is 1.97. The highest BCUT2D eigenvalue weighted by atomic mass is 35.5. The third-order valence-corrected chi connectivity index (χ3v) is 4.35. The van der Waals surface area contributed by atoms with Crippen molar-refractivity contribution in [3.05, 3.63) is 52.3 Å². The first-order chi connectivity index (χ1) is 11.0. The van der Waals surface area contributed by atoms with Crippen LogP contribution in [0.25, 0.3) is 5.69 Å². The Labute approximate surface area is 139 Å². The molecule has 1 fully saturated rings. The standard InChI is InChI=1S/C17H18ClN3O2/c1-11-3-4-12(2)21(11)15-9-13(5-6-14(15)18)17(23)20-8-7-19-16(22)10-20/h3-6,9H,7-8,10H2,1-2H3,(H,19,22). The lowest BCUT2D eigenvalue weighted by atomic mass is 10.1. The zero-order chi connectivity index (χ0) is 16.6. The molecule has 1 saturated heterocycles. The van der Waals surface area contributed by atoms with Gasteiger partial charge in [0.2, 0.25) is 5.91 Å². The van der Waals surface area contributed by atoms with E-state index < -0.39 is 0 Å². The number of hydrogen-bond acceptors (Lipinski definition) is 2. The van der Waals surface area contributed by atoms with Gasteiger partial charge in [-0.25, -0.2) is 0 Å². The van der Waals surface area contributed by atoms with Crippen LogP contribution in [0.5, 0.6) is 0 Å². The van der Waals surface area contributed by atoms with E-state index >= 15 is 0 Å². The molecule has 0 bridgehead atoms. The molecule has 2 amide bonds. The summed E-state index contributed by atoms with van der Waals surface area (Å²) in [5.41, 5.74) is 3.41. The van der Waals surface area contributed by atoms with Gasteiger partial charge in [0, 0.05) is 30.0 Å². The average molecular weight is 332 g/mol. The van der Waals surface area contributed by atoms with E-state index in [0.717, 1.165) is 17.1 Å². The zero-order valence-electron chi connectivity index (χ0n) is 13.1. The monoisotopic (exact) mass is 331 g/mol. The predicted octanol–water partition coefficient (Wildman–Crippen LogP) is 2.32. The normalized spacial score (nSPS) is 14.7. The van der Waals surface area contributed by atoms with E-state index in [4.69, 9.17) is 11.6 Å². The highest BCUT2D eigenvalue weighted by Gasteiger charge is 2.23. The lowest BCUT2D eigenvalue weighted by Crippen LogP contribution is -2.49. The van der Waals surface area contributed by atoms with Crippen molar-refractivity contribution in [1.82, 2.24) is 14.8 Å². The van der Waals surface area contributed by atoms with Gasteiger partial charge in [-0.15, -0.1) is 0 Å². The van der Waals surface area contributed by atoms with Crippen LogP contribution in [0.15, 0.2) is 30.3 Å². The quantitative estimate of drug-likeness (QED) is 0.918. The molecule has 0 saturated carbocycles. The Morgan fingerprint density at radius 2 is 1.87 bits per heavy atom. The number of halogens is 1. The van der Waals surface area contributed by atoms with Crippen LogP contribution in [0, 0.1) is 13.8 Å². The summed E-state index contributed by atoms with van der Waals surface area (Å²) in [7, 11) is 0. The fourth-order valence-corrected chi connectivity index (χ4v) is 3.06. The molecule has 1 aromatic heterocycles. The second kappa shape index (κ2) is 6.08. The molecule has 1 aliphatic heterocycles. The van der Waals surface area contributed by atoms with E-state index in [1.54, 1.807) is 23.1 Å². The number of aryl methyl sites for hydroxylation is 2. The van der Waals surface area contributed by atoms with Gasteiger partial charge in [0.25, 0.3) is 5.91 Å². The third kappa shape index (κ3) is 2.97. The molecule has 1 N–H and O–H groups in total. The van der Waals surface area contributed by atoms with E-state index in [-0.39, 0.29) is 18.4 Å². The molecule has 0 unspecified atom stereocenters. The lowest BCUT2D eigenvalue weighted by Gasteiger charge is -2.27. The molecule has 120 valence electrons. The van der Waals surface area contributed by atoms with Gasteiger partial charge in [0.05, 0.1) is 17.3 Å². The molecular formula is C17H18ClN3O2. The number of amides is 2. The van der Waals surface area contributed by atoms with Crippen molar-refractivity contribution in [2.45, 2.75) is 13.8 Å². The molecule has 2 heterocycles. The van der Waals surface area contributed by atoms with E-state index in [1.807, 2.05) is 30.5 Å². The molecule has 2 aromatic rings. The molecular weight excluding hydrogens is 314 g/mol. The van der Waals surface area contributed by atoms with Crippen LogP contribution in [-0.2, 0) is 4.79 Å². The van der Waals surface area contributed by atoms with Gasteiger partial charge in [-0.2, -0.15) is 0 Å². The van der Waals surface area contributed by atoms with Crippen molar-refractivity contribution < 1.29 is 9.59 Å². The number of nitrogens with zero attached hydrogens (tertiary/aromatic N) is 2. The first kappa shape index (κ1) is 15.6. The highest BCUT2D eigenvalue weighted by Crippen LogP contribution is 2.26. The van der Waals surface area contributed by atoms with E-state index in [2.05, 4.69) is 5.32 Å². The summed E-state index contributed by atoms with van der Waals surface area (Å²) in [6.07, 6.45) is 0. The van der Waals surface area contributed by atoms with Crippen LogP contribution < -0.4 is 5.32 Å². The Hall–Kier alpha value is -2.27. The van der Waals surface area contributed by atoms with Gasteiger partial charge in [-0.05, 0) is 44.2 Å². The molecule has 6 heteroatoms. The van der Waals surface area contributed by atoms with Gasteiger partial charge >= 0.3 is 0 Å². The first-order valence-corrected chi connectivity index (χ1v) is 7.86.